The number of amides is 3. The molecule has 0 spiro atoms. The molecule has 2 N–H and O–H groups in total. The number of carbonyl (C=O) groups excluding carboxylic acids is 3. The molecule has 290 valence electrons. The Morgan fingerprint density at radius 2 is 1.68 bits per heavy atom. The highest BCUT2D eigenvalue weighted by Crippen LogP contribution is 2.45. The highest BCUT2D eigenvalue weighted by Gasteiger charge is 2.43. The van der Waals surface area contributed by atoms with E-state index in [1.807, 2.05) is 0 Å². The molecular formula is C36H47FN4O11S. The summed E-state index contributed by atoms with van der Waals surface area (Å²) in [5, 5.41) is 10.4. The van der Waals surface area contributed by atoms with Gasteiger partial charge in [0.1, 0.15) is 42.4 Å². The first-order valence-corrected chi connectivity index (χ1v) is 18.4. The van der Waals surface area contributed by atoms with Gasteiger partial charge in [-0.2, -0.15) is 8.42 Å². The zero-order valence-corrected chi connectivity index (χ0v) is 31.5. The number of fused-ring (bicyclic) bond motifs is 1. The van der Waals surface area contributed by atoms with E-state index >= 15 is 4.39 Å². The molecule has 1 atom stereocenters. The average Bonchev–Trinajstić information content (AvgIpc) is 3.78. The molecule has 15 nitrogen and oxygen atoms in total. The van der Waals surface area contributed by atoms with Crippen LogP contribution < -0.4 is 18.7 Å². The molecule has 2 aromatic rings. The SMILES string of the molecule is C=CCOC(=O)NS(=O)(=O)N(CC(=O)OC(C)(C)C)c1c(OCc2ccccc2)cc2c(c1F)C[C@H](CN(CC1CC1)C(=O)OC(C)(C)C)N2C(=O)O. The number of rotatable bonds is 14. The summed E-state index contributed by atoms with van der Waals surface area (Å²) in [6, 6.07) is 8.72. The van der Waals surface area contributed by atoms with Gasteiger partial charge in [-0.25, -0.2) is 27.8 Å². The average molecular weight is 763 g/mol. The van der Waals surface area contributed by atoms with Crippen molar-refractivity contribution in [1.29, 1.82) is 0 Å². The highest BCUT2D eigenvalue weighted by atomic mass is 32.2. The number of esters is 1. The Balaban J connectivity index is 1.85. The largest absolute Gasteiger partial charge is 0.487 e. The van der Waals surface area contributed by atoms with Crippen LogP contribution in [0.2, 0.25) is 0 Å². The van der Waals surface area contributed by atoms with Crippen molar-refractivity contribution < 1.29 is 56.0 Å². The second-order valence-corrected chi connectivity index (χ2v) is 16.3. The van der Waals surface area contributed by atoms with Crippen molar-refractivity contribution in [3.8, 4) is 5.75 Å². The monoisotopic (exact) mass is 762 g/mol. The summed E-state index contributed by atoms with van der Waals surface area (Å²) < 4.78 is 68.6. The number of nitrogens with zero attached hydrogens (tertiary/aromatic N) is 3. The lowest BCUT2D eigenvalue weighted by Gasteiger charge is -2.32. The predicted octanol–water partition coefficient (Wildman–Crippen LogP) is 5.77. The number of carboxylic acid groups (broad SMARTS) is 1. The molecule has 53 heavy (non-hydrogen) atoms. The van der Waals surface area contributed by atoms with Gasteiger partial charge in [-0.05, 0) is 65.9 Å². The molecule has 0 aromatic heterocycles. The minimum Gasteiger partial charge on any atom is -0.487 e. The second kappa shape index (κ2) is 16.3. The van der Waals surface area contributed by atoms with Gasteiger partial charge in [-0.1, -0.05) is 43.0 Å². The third-order valence-corrected chi connectivity index (χ3v) is 9.14. The number of hydrogen-bond acceptors (Lipinski definition) is 10. The van der Waals surface area contributed by atoms with Crippen LogP contribution in [0, 0.1) is 11.7 Å². The summed E-state index contributed by atoms with van der Waals surface area (Å²) in [4.78, 5) is 54.1. The normalized spacial score (nSPS) is 15.5. The molecular weight excluding hydrogens is 715 g/mol. The molecule has 1 saturated carbocycles. The Hall–Kier alpha value is -5.06. The van der Waals surface area contributed by atoms with Gasteiger partial charge in [0.05, 0.1) is 11.7 Å². The Morgan fingerprint density at radius 3 is 2.25 bits per heavy atom. The third-order valence-electron chi connectivity index (χ3n) is 7.83. The van der Waals surface area contributed by atoms with Crippen LogP contribution in [0.5, 0.6) is 5.75 Å². The van der Waals surface area contributed by atoms with E-state index in [0.29, 0.717) is 12.1 Å². The van der Waals surface area contributed by atoms with Crippen LogP contribution in [-0.4, -0.2) is 86.2 Å². The maximum atomic E-state index is 17.2. The predicted molar refractivity (Wildman–Crippen MR) is 192 cm³/mol. The summed E-state index contributed by atoms with van der Waals surface area (Å²) in [7, 11) is -5.14. The summed E-state index contributed by atoms with van der Waals surface area (Å²) >= 11 is 0. The van der Waals surface area contributed by atoms with Crippen LogP contribution in [0.4, 0.5) is 30.1 Å². The first kappa shape index (κ1) is 40.7. The summed E-state index contributed by atoms with van der Waals surface area (Å²) in [5.74, 6) is -2.61. The molecule has 4 rings (SSSR count). The molecule has 1 fully saturated rings. The topological polar surface area (TPSA) is 181 Å². The van der Waals surface area contributed by atoms with E-state index < -0.39 is 75.5 Å². The van der Waals surface area contributed by atoms with Gasteiger partial charge in [-0.3, -0.25) is 9.69 Å². The van der Waals surface area contributed by atoms with Crippen molar-refractivity contribution in [1.82, 2.24) is 9.62 Å². The number of halogens is 1. The van der Waals surface area contributed by atoms with Gasteiger partial charge in [-0.15, -0.1) is 0 Å². The van der Waals surface area contributed by atoms with E-state index in [1.165, 1.54) is 11.0 Å². The third kappa shape index (κ3) is 11.2. The number of benzene rings is 2. The Kier molecular flexibility index (Phi) is 12.5. The molecule has 0 saturated heterocycles. The summed E-state index contributed by atoms with van der Waals surface area (Å²) in [6.45, 7) is 11.6. The smallest absolute Gasteiger partial charge is 0.422 e. The first-order chi connectivity index (χ1) is 24.7. The summed E-state index contributed by atoms with van der Waals surface area (Å²) in [6.07, 6.45) is -0.910. The lowest BCUT2D eigenvalue weighted by Crippen LogP contribution is -2.48. The van der Waals surface area contributed by atoms with E-state index in [0.717, 1.165) is 23.8 Å². The number of hydrogen-bond donors (Lipinski definition) is 2. The van der Waals surface area contributed by atoms with Gasteiger partial charge >= 0.3 is 34.5 Å². The molecule has 2 aliphatic rings. The number of ether oxygens (including phenoxy) is 4. The van der Waals surface area contributed by atoms with Gasteiger partial charge in [0, 0.05) is 31.1 Å². The van der Waals surface area contributed by atoms with Gasteiger partial charge in [0.2, 0.25) is 0 Å². The number of anilines is 2. The second-order valence-electron chi connectivity index (χ2n) is 14.7. The van der Waals surface area contributed by atoms with E-state index in [-0.39, 0.29) is 47.7 Å². The Labute approximate surface area is 308 Å². The van der Waals surface area contributed by atoms with E-state index in [4.69, 9.17) is 18.9 Å². The van der Waals surface area contributed by atoms with Crippen molar-refractivity contribution in [2.45, 2.75) is 84.7 Å². The molecule has 3 amide bonds. The lowest BCUT2D eigenvalue weighted by molar-refractivity contribution is -0.152. The Morgan fingerprint density at radius 1 is 1.04 bits per heavy atom. The highest BCUT2D eigenvalue weighted by molar-refractivity contribution is 7.91. The lowest BCUT2D eigenvalue weighted by atomic mass is 10.1. The van der Waals surface area contributed by atoms with Crippen molar-refractivity contribution in [2.24, 2.45) is 5.92 Å². The maximum Gasteiger partial charge on any atom is 0.422 e. The minimum atomic E-state index is -5.14. The zero-order valence-electron chi connectivity index (χ0n) is 30.7. The fourth-order valence-corrected chi connectivity index (χ4v) is 6.64. The Bertz CT molecular complexity index is 1810. The molecule has 1 heterocycles. The molecule has 0 bridgehead atoms. The van der Waals surface area contributed by atoms with Crippen LogP contribution >= 0.6 is 0 Å². The number of nitrogens with one attached hydrogen (secondary N) is 1. The van der Waals surface area contributed by atoms with Gasteiger partial charge in [0.15, 0.2) is 5.82 Å². The molecule has 0 unspecified atom stereocenters. The quantitative estimate of drug-likeness (QED) is 0.136. The van der Waals surface area contributed by atoms with Crippen LogP contribution in [0.25, 0.3) is 0 Å². The van der Waals surface area contributed by atoms with Crippen LogP contribution in [0.15, 0.2) is 49.1 Å². The molecule has 17 heteroatoms. The van der Waals surface area contributed by atoms with Gasteiger partial charge < -0.3 is 29.0 Å². The number of carbonyl (C=O) groups is 4. The molecule has 0 radical (unpaired) electrons. The van der Waals surface area contributed by atoms with Crippen molar-refractivity contribution in [3.05, 3.63) is 66.0 Å². The minimum absolute atomic E-state index is 0.157. The fourth-order valence-electron chi connectivity index (χ4n) is 5.58. The van der Waals surface area contributed by atoms with Crippen LogP contribution in [-0.2, 0) is 42.2 Å². The fraction of sp³-hybridized carbons (Fsp3) is 0.500. The van der Waals surface area contributed by atoms with Crippen molar-refractivity contribution in [2.75, 3.05) is 35.4 Å². The molecule has 1 aliphatic heterocycles. The van der Waals surface area contributed by atoms with E-state index in [1.54, 1.807) is 76.6 Å². The van der Waals surface area contributed by atoms with E-state index in [9.17, 15) is 32.7 Å². The maximum absolute atomic E-state index is 17.2. The summed E-state index contributed by atoms with van der Waals surface area (Å²) in [5.41, 5.74) is -2.51. The van der Waals surface area contributed by atoms with Crippen molar-refractivity contribution >= 4 is 45.8 Å². The van der Waals surface area contributed by atoms with Gasteiger partial charge in [0.25, 0.3) is 0 Å². The van der Waals surface area contributed by atoms with E-state index in [2.05, 4.69) is 6.58 Å². The van der Waals surface area contributed by atoms with Crippen LogP contribution in [0.1, 0.15) is 65.5 Å². The standard InChI is InChI=1S/C36H47FN4O11S/c1-8-16-49-32(43)38-53(47,48)40(21-29(42)51-35(2,3)4)31-28(50-22-24-12-10-9-11-13-24)18-27-26(30(31)37)17-25(41(27)33(44)45)20-39(19-23-14-15-23)34(46)52-36(5,6)7/h8-13,18,23,25H,1,14-17,19-22H2,2-7H3,(H,38,43)(H,44,45)/t25-/m1/s1. The molecule has 1 aliphatic carbocycles. The zero-order chi connectivity index (χ0) is 39.3. The van der Waals surface area contributed by atoms with Crippen molar-refractivity contribution in [3.63, 3.8) is 0 Å². The van der Waals surface area contributed by atoms with Crippen LogP contribution in [0.3, 0.4) is 0 Å². The molecule has 2 aromatic carbocycles. The first-order valence-electron chi connectivity index (χ1n) is 17.0.